The minimum Gasteiger partial charge on any atom is -0.481 e. The van der Waals surface area contributed by atoms with Gasteiger partial charge in [0.1, 0.15) is 6.29 Å². The second-order valence-electron chi connectivity index (χ2n) is 4.05. The van der Waals surface area contributed by atoms with E-state index < -0.39 is 5.97 Å². The molecule has 1 rings (SSSR count). The van der Waals surface area contributed by atoms with Gasteiger partial charge in [0.15, 0.2) is 0 Å². The summed E-state index contributed by atoms with van der Waals surface area (Å²) in [6.07, 6.45) is 6.97. The molecule has 0 bridgehead atoms. The van der Waals surface area contributed by atoms with Crippen LogP contribution in [0.25, 0.3) is 0 Å². The van der Waals surface area contributed by atoms with Crippen molar-refractivity contribution in [2.45, 2.75) is 38.1 Å². The molecule has 1 amide bonds. The molecule has 5 nitrogen and oxygen atoms in total. The van der Waals surface area contributed by atoms with Crippen molar-refractivity contribution in [1.82, 2.24) is 4.90 Å². The minimum atomic E-state index is -0.797. The van der Waals surface area contributed by atoms with Crippen LogP contribution in [0.2, 0.25) is 0 Å². The maximum atomic E-state index is 11.4. The summed E-state index contributed by atoms with van der Waals surface area (Å²) < 4.78 is 0. The van der Waals surface area contributed by atoms with Gasteiger partial charge in [-0.3, -0.25) is 9.59 Å². The number of likely N-dealkylation sites (tertiary alicyclic amines) is 1. The van der Waals surface area contributed by atoms with Crippen molar-refractivity contribution >= 4 is 18.2 Å². The van der Waals surface area contributed by atoms with E-state index in [1.807, 2.05) is 12.2 Å². The van der Waals surface area contributed by atoms with Crippen molar-refractivity contribution in [2.24, 2.45) is 0 Å². The van der Waals surface area contributed by atoms with Gasteiger partial charge < -0.3 is 14.8 Å². The molecule has 0 aromatic rings. The van der Waals surface area contributed by atoms with E-state index in [-0.39, 0.29) is 18.4 Å². The van der Waals surface area contributed by atoms with Gasteiger partial charge in [0.2, 0.25) is 5.91 Å². The molecule has 0 aromatic carbocycles. The molecular weight excluding hydrogens is 222 g/mol. The summed E-state index contributed by atoms with van der Waals surface area (Å²) in [6.45, 7) is 0.440. The van der Waals surface area contributed by atoms with Crippen molar-refractivity contribution in [3.63, 3.8) is 0 Å². The lowest BCUT2D eigenvalue weighted by Crippen LogP contribution is -2.33. The molecule has 0 radical (unpaired) electrons. The number of aldehydes is 1. The largest absolute Gasteiger partial charge is 0.481 e. The first-order valence-electron chi connectivity index (χ1n) is 5.76. The Morgan fingerprint density at radius 1 is 1.47 bits per heavy atom. The van der Waals surface area contributed by atoms with Crippen LogP contribution in [0.3, 0.4) is 0 Å². The summed E-state index contributed by atoms with van der Waals surface area (Å²) in [5.41, 5.74) is 0. The average molecular weight is 239 g/mol. The van der Waals surface area contributed by atoms with E-state index in [9.17, 15) is 14.4 Å². The Kier molecular flexibility index (Phi) is 5.39. The van der Waals surface area contributed by atoms with E-state index >= 15 is 0 Å². The van der Waals surface area contributed by atoms with Crippen LogP contribution in [-0.4, -0.2) is 40.8 Å². The van der Waals surface area contributed by atoms with Gasteiger partial charge in [0, 0.05) is 19.4 Å². The van der Waals surface area contributed by atoms with Gasteiger partial charge in [0.05, 0.1) is 6.04 Å². The van der Waals surface area contributed by atoms with Gasteiger partial charge in [-0.15, -0.1) is 0 Å². The maximum Gasteiger partial charge on any atom is 0.303 e. The number of aliphatic carboxylic acids is 1. The summed E-state index contributed by atoms with van der Waals surface area (Å²) in [7, 11) is 0. The number of carboxylic acid groups (broad SMARTS) is 1. The van der Waals surface area contributed by atoms with Crippen LogP contribution < -0.4 is 0 Å². The lowest BCUT2D eigenvalue weighted by atomic mass is 10.2. The first kappa shape index (κ1) is 13.4. The smallest absolute Gasteiger partial charge is 0.303 e. The van der Waals surface area contributed by atoms with Crippen molar-refractivity contribution < 1.29 is 19.5 Å². The van der Waals surface area contributed by atoms with E-state index in [1.165, 1.54) is 0 Å². The number of carbonyl (C=O) groups is 3. The molecule has 0 saturated carbocycles. The number of carboxylic acids is 1. The molecule has 94 valence electrons. The maximum absolute atomic E-state index is 11.4. The van der Waals surface area contributed by atoms with E-state index in [1.54, 1.807) is 4.90 Å². The molecule has 1 atom stereocenters. The summed E-state index contributed by atoms with van der Waals surface area (Å²) in [4.78, 5) is 33.9. The Hall–Kier alpha value is -1.65. The van der Waals surface area contributed by atoms with E-state index in [0.717, 1.165) is 6.29 Å². The number of carbonyl (C=O) groups excluding carboxylic acids is 2. The van der Waals surface area contributed by atoms with Crippen LogP contribution in [0.1, 0.15) is 32.1 Å². The van der Waals surface area contributed by atoms with Crippen LogP contribution in [0, 0.1) is 0 Å². The second-order valence-corrected chi connectivity index (χ2v) is 4.05. The average Bonchev–Trinajstić information content (AvgIpc) is 2.64. The summed E-state index contributed by atoms with van der Waals surface area (Å²) >= 11 is 0. The highest BCUT2D eigenvalue weighted by Crippen LogP contribution is 2.16. The van der Waals surface area contributed by atoms with Crippen LogP contribution >= 0.6 is 0 Å². The summed E-state index contributed by atoms with van der Waals surface area (Å²) in [6, 6.07) is -0.286. The molecule has 1 aliphatic rings. The number of rotatable bonds is 7. The molecule has 1 aliphatic heterocycles. The molecule has 5 heteroatoms. The van der Waals surface area contributed by atoms with Crippen molar-refractivity contribution in [3.8, 4) is 0 Å². The first-order chi connectivity index (χ1) is 8.15. The van der Waals surface area contributed by atoms with Gasteiger partial charge >= 0.3 is 5.97 Å². The summed E-state index contributed by atoms with van der Waals surface area (Å²) in [5.74, 6) is -0.786. The highest BCUT2D eigenvalue weighted by molar-refractivity contribution is 5.83. The van der Waals surface area contributed by atoms with Crippen LogP contribution in [0.4, 0.5) is 0 Å². The number of hydrogen-bond donors (Lipinski definition) is 1. The third-order valence-corrected chi connectivity index (χ3v) is 2.76. The molecule has 0 aromatic heterocycles. The third kappa shape index (κ3) is 4.38. The van der Waals surface area contributed by atoms with Gasteiger partial charge in [-0.2, -0.15) is 0 Å². The molecule has 1 unspecified atom stereocenters. The lowest BCUT2D eigenvalue weighted by molar-refractivity contribution is -0.137. The van der Waals surface area contributed by atoms with E-state index in [4.69, 9.17) is 5.11 Å². The van der Waals surface area contributed by atoms with Gasteiger partial charge in [-0.25, -0.2) is 0 Å². The van der Waals surface area contributed by atoms with Gasteiger partial charge in [-0.1, -0.05) is 12.2 Å². The molecule has 17 heavy (non-hydrogen) atoms. The molecule has 1 fully saturated rings. The number of nitrogens with zero attached hydrogens (tertiary/aromatic N) is 1. The van der Waals surface area contributed by atoms with Crippen LogP contribution in [0.15, 0.2) is 12.2 Å². The highest BCUT2D eigenvalue weighted by Gasteiger charge is 2.29. The highest BCUT2D eigenvalue weighted by atomic mass is 16.4. The zero-order valence-electron chi connectivity index (χ0n) is 9.67. The Bertz CT molecular complexity index is 324. The molecule has 1 heterocycles. The Morgan fingerprint density at radius 2 is 2.24 bits per heavy atom. The predicted molar refractivity (Wildman–Crippen MR) is 61.4 cm³/mol. The monoisotopic (exact) mass is 239 g/mol. The fraction of sp³-hybridized carbons (Fsp3) is 0.583. The van der Waals surface area contributed by atoms with E-state index in [0.29, 0.717) is 32.2 Å². The Balaban J connectivity index is 2.24. The topological polar surface area (TPSA) is 74.7 Å². The van der Waals surface area contributed by atoms with Crippen LogP contribution in [0.5, 0.6) is 0 Å². The quantitative estimate of drug-likeness (QED) is 0.408. The fourth-order valence-electron chi connectivity index (χ4n) is 1.81. The normalized spacial score (nSPS) is 20.1. The van der Waals surface area contributed by atoms with Crippen molar-refractivity contribution in [2.75, 3.05) is 6.54 Å². The zero-order valence-corrected chi connectivity index (χ0v) is 9.67. The number of hydrogen-bond acceptors (Lipinski definition) is 3. The minimum absolute atomic E-state index is 0.0114. The van der Waals surface area contributed by atoms with Crippen molar-refractivity contribution in [1.29, 1.82) is 0 Å². The van der Waals surface area contributed by atoms with Crippen LogP contribution in [-0.2, 0) is 14.4 Å². The standard InChI is InChI=1S/C12H17NO4/c14-9-10-6-7-11(15)13(10)8-4-2-1-3-5-12(16)17/h2,4,9-10H,1,3,5-8H2,(H,16,17). The molecule has 0 spiro atoms. The number of allylic oxidation sites excluding steroid dienone is 1. The van der Waals surface area contributed by atoms with Crippen molar-refractivity contribution in [3.05, 3.63) is 12.2 Å². The van der Waals surface area contributed by atoms with E-state index in [2.05, 4.69) is 0 Å². The number of unbranched alkanes of at least 4 members (excludes halogenated alkanes) is 1. The zero-order chi connectivity index (χ0) is 12.7. The first-order valence-corrected chi connectivity index (χ1v) is 5.76. The van der Waals surface area contributed by atoms with Gasteiger partial charge in [-0.05, 0) is 19.3 Å². The molecule has 0 aliphatic carbocycles. The fourth-order valence-corrected chi connectivity index (χ4v) is 1.81. The molecular formula is C12H17NO4. The molecule has 1 saturated heterocycles. The van der Waals surface area contributed by atoms with Gasteiger partial charge in [0.25, 0.3) is 0 Å². The second kappa shape index (κ2) is 6.83. The summed E-state index contributed by atoms with van der Waals surface area (Å²) in [5, 5.41) is 8.43. The SMILES string of the molecule is O=CC1CCC(=O)N1CC=CCCCC(=O)O. The third-order valence-electron chi connectivity index (χ3n) is 2.76. The Morgan fingerprint density at radius 3 is 2.88 bits per heavy atom. The predicted octanol–water partition coefficient (Wildman–Crippen LogP) is 0.987. The Labute approximate surface area is 100 Å². The molecule has 1 N–H and O–H groups in total. The number of amides is 1. The lowest BCUT2D eigenvalue weighted by Gasteiger charge is -2.18.